The number of carbonyl (C=O) groups excluding carboxylic acids is 4. The van der Waals surface area contributed by atoms with Crippen molar-refractivity contribution in [2.24, 2.45) is 5.92 Å². The Morgan fingerprint density at radius 3 is 2.70 bits per heavy atom. The Kier molecular flexibility index (Phi) is 6.55. The Hall–Kier alpha value is -1.96. The number of tetrazole rings is 1. The first-order valence-corrected chi connectivity index (χ1v) is 9.98. The van der Waals surface area contributed by atoms with E-state index in [0.717, 1.165) is 0 Å². The van der Waals surface area contributed by atoms with Crippen LogP contribution < -0.4 is 40.0 Å². The van der Waals surface area contributed by atoms with Crippen LogP contribution in [0.25, 0.3) is 0 Å². The zero-order chi connectivity index (χ0) is 20.9. The van der Waals surface area contributed by atoms with Crippen LogP contribution in [-0.4, -0.2) is 85.1 Å². The summed E-state index contributed by atoms with van der Waals surface area (Å²) >= 11 is 1.19. The smallest absolute Gasteiger partial charge is 0.543 e. The minimum atomic E-state index is -1.42. The number of nitrogens with zero attached hydrogens (tertiary/aromatic N) is 6. The third kappa shape index (κ3) is 3.53. The van der Waals surface area contributed by atoms with Gasteiger partial charge in [0.05, 0.1) is 17.7 Å². The monoisotopic (exact) mass is 443 g/mol. The number of likely N-dealkylation sites (N-methyl/N-ethyl adjacent to an activating group) is 1. The van der Waals surface area contributed by atoms with Crippen LogP contribution in [0.2, 0.25) is 0 Å². The average molecular weight is 443 g/mol. The van der Waals surface area contributed by atoms with Gasteiger partial charge in [0.1, 0.15) is 12.6 Å². The van der Waals surface area contributed by atoms with E-state index in [9.17, 15) is 24.3 Å². The van der Waals surface area contributed by atoms with Crippen molar-refractivity contribution in [1.82, 2.24) is 35.3 Å². The minimum Gasteiger partial charge on any atom is -0.543 e. The van der Waals surface area contributed by atoms with E-state index in [1.165, 1.54) is 40.2 Å². The molecule has 0 radical (unpaired) electrons. The number of rotatable bonds is 6. The van der Waals surface area contributed by atoms with Gasteiger partial charge in [-0.2, -0.15) is 0 Å². The van der Waals surface area contributed by atoms with E-state index in [1.807, 2.05) is 0 Å². The SMILES string of the molecule is CNC(=O)Cn1nnnc1SCC1=C(C(=O)[O-])N2C(=O)[C@@H]3[C@H]2C1CCN3C(C)=O.[Na+]. The van der Waals surface area contributed by atoms with Crippen molar-refractivity contribution in [2.75, 3.05) is 19.3 Å². The van der Waals surface area contributed by atoms with E-state index < -0.39 is 17.9 Å². The van der Waals surface area contributed by atoms with E-state index in [0.29, 0.717) is 23.7 Å². The molecule has 0 spiro atoms. The molecule has 0 saturated carbocycles. The maximum atomic E-state index is 12.6. The van der Waals surface area contributed by atoms with Gasteiger partial charge in [0.25, 0.3) is 5.91 Å². The third-order valence-electron chi connectivity index (χ3n) is 5.56. The van der Waals surface area contributed by atoms with Gasteiger partial charge in [-0.15, -0.1) is 5.10 Å². The van der Waals surface area contributed by atoms with Crippen molar-refractivity contribution in [1.29, 1.82) is 0 Å². The molecule has 154 valence electrons. The van der Waals surface area contributed by atoms with Crippen LogP contribution in [0.3, 0.4) is 0 Å². The van der Waals surface area contributed by atoms with Gasteiger partial charge < -0.3 is 25.0 Å². The summed E-state index contributed by atoms with van der Waals surface area (Å²) in [6.45, 7) is 1.73. The molecule has 1 N–H and O–H groups in total. The number of piperidine rings is 1. The van der Waals surface area contributed by atoms with Crippen molar-refractivity contribution in [3.05, 3.63) is 11.3 Å². The Bertz CT molecular complexity index is 950. The van der Waals surface area contributed by atoms with E-state index >= 15 is 0 Å². The topological polar surface area (TPSA) is 153 Å². The molecule has 1 aromatic rings. The maximum absolute atomic E-state index is 12.6. The summed E-state index contributed by atoms with van der Waals surface area (Å²) in [5.41, 5.74) is 0.457. The predicted molar refractivity (Wildman–Crippen MR) is 94.6 cm³/mol. The first kappa shape index (κ1) is 22.7. The number of aromatic nitrogens is 4. The molecule has 0 aromatic carbocycles. The van der Waals surface area contributed by atoms with E-state index in [-0.39, 0.29) is 71.3 Å². The minimum absolute atomic E-state index is 0. The van der Waals surface area contributed by atoms with Crippen molar-refractivity contribution < 1.29 is 53.8 Å². The fourth-order valence-electron chi connectivity index (χ4n) is 4.28. The molecular formula is C16H18N7NaO5S. The summed E-state index contributed by atoms with van der Waals surface area (Å²) in [5, 5.41) is 25.9. The van der Waals surface area contributed by atoms with E-state index in [2.05, 4.69) is 20.8 Å². The molecule has 2 fully saturated rings. The number of hydrogen-bond donors (Lipinski definition) is 1. The summed E-state index contributed by atoms with van der Waals surface area (Å²) in [4.78, 5) is 50.6. The van der Waals surface area contributed by atoms with Crippen molar-refractivity contribution in [2.45, 2.75) is 37.1 Å². The molecule has 1 unspecified atom stereocenters. The summed E-state index contributed by atoms with van der Waals surface area (Å²) in [6.07, 6.45) is 0.556. The fourth-order valence-corrected chi connectivity index (χ4v) is 5.26. The van der Waals surface area contributed by atoms with Crippen LogP contribution in [0.4, 0.5) is 0 Å². The van der Waals surface area contributed by atoms with Gasteiger partial charge in [0.15, 0.2) is 0 Å². The van der Waals surface area contributed by atoms with Crippen LogP contribution >= 0.6 is 11.8 Å². The van der Waals surface area contributed by atoms with E-state index in [1.54, 1.807) is 0 Å². The van der Waals surface area contributed by atoms with Gasteiger partial charge in [-0.25, -0.2) is 4.68 Å². The van der Waals surface area contributed by atoms with Gasteiger partial charge in [-0.1, -0.05) is 11.8 Å². The second kappa shape index (κ2) is 8.65. The molecule has 3 amide bonds. The molecule has 1 aromatic heterocycles. The van der Waals surface area contributed by atoms with Crippen molar-refractivity contribution in [3.63, 3.8) is 0 Å². The van der Waals surface area contributed by atoms with Crippen LogP contribution in [-0.2, 0) is 25.7 Å². The summed E-state index contributed by atoms with van der Waals surface area (Å²) in [5.74, 6) is -2.22. The number of carboxylic acids is 1. The average Bonchev–Trinajstić information content (AvgIpc) is 3.25. The number of β-lactam (4-membered cyclic amide) rings is 1. The molecule has 4 rings (SSSR count). The summed E-state index contributed by atoms with van der Waals surface area (Å²) in [6, 6.07) is -0.993. The first-order chi connectivity index (χ1) is 13.8. The van der Waals surface area contributed by atoms with Crippen molar-refractivity contribution in [3.8, 4) is 0 Å². The van der Waals surface area contributed by atoms with Crippen LogP contribution in [0.15, 0.2) is 16.4 Å². The van der Waals surface area contributed by atoms with E-state index in [4.69, 9.17) is 0 Å². The molecule has 3 atom stereocenters. The number of nitrogens with one attached hydrogen (secondary N) is 1. The normalized spacial score (nSPS) is 24.2. The standard InChI is InChI=1S/C16H19N7O5S.Na/c1-7(24)21-4-3-8-9(12(15(27)28)23-11(8)13(21)14(23)26)6-29-16-18-19-20-22(16)5-10(25)17-2;/h8,11,13H,3-6H2,1-2H3,(H,17,25)(H,27,28);/q;+1/p-1/t8?,11-,13+;/m1./s1. The van der Waals surface area contributed by atoms with Gasteiger partial charge >= 0.3 is 29.6 Å². The van der Waals surface area contributed by atoms with Gasteiger partial charge in [0.2, 0.25) is 17.0 Å². The van der Waals surface area contributed by atoms with Gasteiger partial charge in [0, 0.05) is 32.2 Å². The molecule has 3 aliphatic rings. The molecule has 3 aliphatic heterocycles. The summed E-state index contributed by atoms with van der Waals surface area (Å²) < 4.78 is 1.32. The molecular weight excluding hydrogens is 425 g/mol. The number of thioether (sulfide) groups is 1. The second-order valence-electron chi connectivity index (χ2n) is 6.99. The number of carbonyl (C=O) groups is 4. The number of likely N-dealkylation sites (tertiary alicyclic amines) is 1. The number of hydrogen-bond acceptors (Lipinski definition) is 9. The Morgan fingerprint density at radius 1 is 1.33 bits per heavy atom. The number of amides is 3. The second-order valence-corrected chi connectivity index (χ2v) is 7.94. The van der Waals surface area contributed by atoms with Crippen LogP contribution in [0, 0.1) is 5.92 Å². The molecule has 12 nitrogen and oxygen atoms in total. The molecule has 14 heteroatoms. The zero-order valence-electron chi connectivity index (χ0n) is 16.7. The Labute approximate surface area is 197 Å². The summed E-state index contributed by atoms with van der Waals surface area (Å²) in [7, 11) is 1.50. The number of aliphatic carboxylic acids is 1. The Morgan fingerprint density at radius 2 is 2.07 bits per heavy atom. The maximum Gasteiger partial charge on any atom is 1.00 e. The quantitative estimate of drug-likeness (QED) is 0.257. The van der Waals surface area contributed by atoms with Crippen LogP contribution in [0.1, 0.15) is 13.3 Å². The first-order valence-electron chi connectivity index (χ1n) is 8.99. The molecule has 2 saturated heterocycles. The largest absolute Gasteiger partial charge is 1.00 e. The molecule has 0 bridgehead atoms. The zero-order valence-corrected chi connectivity index (χ0v) is 19.5. The third-order valence-corrected chi connectivity index (χ3v) is 6.57. The van der Waals surface area contributed by atoms with Gasteiger partial charge in [-0.3, -0.25) is 14.4 Å². The molecule has 0 aliphatic carbocycles. The van der Waals surface area contributed by atoms with Crippen LogP contribution in [0.5, 0.6) is 0 Å². The fraction of sp³-hybridized carbons (Fsp3) is 0.562. The molecule has 30 heavy (non-hydrogen) atoms. The molecule has 4 heterocycles. The van der Waals surface area contributed by atoms with Crippen molar-refractivity contribution >= 4 is 35.5 Å². The predicted octanol–water partition coefficient (Wildman–Crippen LogP) is -6.02. The van der Waals surface area contributed by atoms with Gasteiger partial charge in [-0.05, 0) is 22.4 Å². The Balaban J connectivity index is 0.00000256. The number of carboxylic acid groups (broad SMARTS) is 1.